The quantitative estimate of drug-likeness (QED) is 0.102. The van der Waals surface area contributed by atoms with Gasteiger partial charge < -0.3 is 168 Å². The number of hydrogen-bond acceptors (Lipinski definition) is 35. The smallest absolute Gasteiger partial charge is 0.187 e. The highest BCUT2D eigenvalue weighted by molar-refractivity contribution is 5.65. The minimum atomic E-state index is -2.21. The minimum Gasteiger partial charge on any atom is -0.394 e. The van der Waals surface area contributed by atoms with E-state index in [1.807, 2.05) is 0 Å². The molecule has 22 rings (SSSR count). The highest BCUT2D eigenvalue weighted by Gasteiger charge is 2.59. The molecule has 20 N–H and O–H groups in total. The molecule has 0 saturated carbocycles. The summed E-state index contributed by atoms with van der Waals surface area (Å²) in [5, 5.41) is 224. The molecule has 35 heteroatoms. The minimum absolute atomic E-state index is 0.629. The van der Waals surface area contributed by atoms with Crippen molar-refractivity contribution in [2.24, 2.45) is 4.99 Å². The van der Waals surface area contributed by atoms with Gasteiger partial charge in [0, 0.05) is 6.21 Å². The van der Waals surface area contributed by atoms with E-state index >= 15 is 0 Å². The number of hydrogen-bond donors (Lipinski definition) is 20. The van der Waals surface area contributed by atoms with Crippen LogP contribution in [0.25, 0.3) is 0 Å². The van der Waals surface area contributed by atoms with Crippen molar-refractivity contribution in [1.82, 2.24) is 0 Å². The number of rotatable bonds is 9. The van der Waals surface area contributed by atoms with Gasteiger partial charge in [-0.2, -0.15) is 0 Å². The van der Waals surface area contributed by atoms with E-state index in [9.17, 15) is 102 Å². The maximum absolute atomic E-state index is 11.8. The first-order valence-corrected chi connectivity index (χ1v) is 27.5. The summed E-state index contributed by atoms with van der Waals surface area (Å²) < 4.78 is 81.3. The fourth-order valence-corrected chi connectivity index (χ4v) is 11.4. The molecule has 21 heterocycles. The van der Waals surface area contributed by atoms with Gasteiger partial charge in [-0.3, -0.25) is 4.99 Å². The number of nitrogens with zero attached hydrogens (tertiary/aromatic N) is 1. The van der Waals surface area contributed by atoms with Crippen LogP contribution in [0.15, 0.2) is 35.3 Å². The van der Waals surface area contributed by atoms with Gasteiger partial charge in [0.05, 0.1) is 45.7 Å². The van der Waals surface area contributed by atoms with E-state index in [0.29, 0.717) is 5.56 Å². The maximum Gasteiger partial charge on any atom is 0.187 e. The topological polar surface area (TPSA) is 546 Å². The Hall–Kier alpha value is -2.47. The van der Waals surface area contributed by atoms with Gasteiger partial charge in [0.25, 0.3) is 0 Å². The van der Waals surface area contributed by atoms with Gasteiger partial charge in [0.15, 0.2) is 44.0 Å². The zero-order chi connectivity index (χ0) is 61.5. The van der Waals surface area contributed by atoms with Crippen molar-refractivity contribution in [2.45, 2.75) is 228 Å². The van der Waals surface area contributed by atoms with Crippen LogP contribution in [0.1, 0.15) is 18.5 Å². The molecule has 0 aromatic heterocycles. The number of aliphatic imine (C=N–C) groups is 1. The van der Waals surface area contributed by atoms with E-state index in [2.05, 4.69) is 4.99 Å². The zero-order valence-corrected chi connectivity index (χ0v) is 45.1. The molecule has 21 aliphatic rings. The van der Waals surface area contributed by atoms with Crippen molar-refractivity contribution in [1.29, 1.82) is 0 Å². The third kappa shape index (κ3) is 13.6. The van der Waals surface area contributed by atoms with Crippen LogP contribution in [0.2, 0.25) is 0 Å². The first-order valence-electron chi connectivity index (χ1n) is 27.5. The van der Waals surface area contributed by atoms with Crippen LogP contribution in [-0.2, 0) is 66.3 Å². The summed E-state index contributed by atoms with van der Waals surface area (Å²) in [4.78, 5) is 4.52. The Kier molecular flexibility index (Phi) is 22.7. The molecule has 21 saturated heterocycles. The number of benzene rings is 1. The second kappa shape index (κ2) is 28.8. The summed E-state index contributed by atoms with van der Waals surface area (Å²) in [5.41, 5.74) is 0.685. The highest BCUT2D eigenvalue weighted by Crippen LogP contribution is 2.39. The molecule has 1 unspecified atom stereocenters. The number of aliphatic hydroxyl groups excluding tert-OH is 20. The summed E-state index contributed by atoms with van der Waals surface area (Å²) in [6.45, 7) is -4.57. The molecular weight excluding hydrogens is 1160 g/mol. The first kappa shape index (κ1) is 66.9. The van der Waals surface area contributed by atoms with E-state index in [4.69, 9.17) is 66.3 Å². The van der Waals surface area contributed by atoms with E-state index in [0.717, 1.165) is 6.21 Å². The Morgan fingerprint density at radius 1 is 0.306 bits per heavy atom. The predicted molar refractivity (Wildman–Crippen MR) is 265 cm³/mol. The van der Waals surface area contributed by atoms with E-state index in [-0.39, 0.29) is 0 Å². The SMILES string of the molecule is CC(N=C[C@H]1O[C@@H]2O[C@H]3[C@H](O)[C@@H](O)[C@@H](O[C@H]4[C@H](O)[C@@H](O)[C@@H](O[C@H]5[C@H](O)[C@@H](O)[C@@H](O[C@H]6[C@H](O)[C@@H](O)[C@@H](O[C@H]7[C@H](O)[C@@H](O)[C@@H](O[C@H]8[C@H](O)[C@@H](O)[C@@H](O[C@H]1[C@H](O)[C@H]2O)O[C@@H]8CO)O[C@@H]7CO)O[C@@H]6CO)O[C@@H]5CO)O[C@@H]4CO)O[C@@H]3CO)c1ccccc1. The summed E-state index contributed by atoms with van der Waals surface area (Å²) >= 11 is 0. The fraction of sp³-hybridized carbons (Fsp3) is 0.860. The molecule has 35 nitrogen and oxygen atoms in total. The molecule has 1 aromatic rings. The third-order valence-corrected chi connectivity index (χ3v) is 16.3. The second-order valence-corrected chi connectivity index (χ2v) is 21.8. The molecule has 0 radical (unpaired) electrons. The average Bonchev–Trinajstić information content (AvgIpc) is 2.31. The van der Waals surface area contributed by atoms with Crippen molar-refractivity contribution in [3.05, 3.63) is 35.9 Å². The average molecular weight is 1240 g/mol. The van der Waals surface area contributed by atoms with Crippen LogP contribution in [-0.4, -0.2) is 363 Å². The fourth-order valence-electron chi connectivity index (χ4n) is 11.4. The molecule has 85 heavy (non-hydrogen) atoms. The molecule has 0 spiro atoms. The Morgan fingerprint density at radius 2 is 0.518 bits per heavy atom. The van der Waals surface area contributed by atoms with Crippen LogP contribution >= 0.6 is 0 Å². The third-order valence-electron chi connectivity index (χ3n) is 16.3. The molecule has 486 valence electrons. The van der Waals surface area contributed by atoms with Crippen molar-refractivity contribution < 1.29 is 168 Å². The number of aliphatic hydroxyl groups is 20. The van der Waals surface area contributed by atoms with Gasteiger partial charge in [0.1, 0.15) is 171 Å². The lowest BCUT2D eigenvalue weighted by Crippen LogP contribution is -2.68. The van der Waals surface area contributed by atoms with E-state index in [1.54, 1.807) is 37.3 Å². The zero-order valence-electron chi connectivity index (χ0n) is 45.1. The normalized spacial score (nSPS) is 51.7. The van der Waals surface area contributed by atoms with Crippen LogP contribution in [0, 0.1) is 0 Å². The molecule has 36 atom stereocenters. The lowest BCUT2D eigenvalue weighted by molar-refractivity contribution is -0.396. The monoisotopic (exact) mass is 1240 g/mol. The molecule has 1 aromatic carbocycles. The summed E-state index contributed by atoms with van der Waals surface area (Å²) in [6.07, 6.45) is -68.9. The van der Waals surface area contributed by atoms with Gasteiger partial charge in [-0.1, -0.05) is 30.3 Å². The van der Waals surface area contributed by atoms with Gasteiger partial charge in [0.2, 0.25) is 0 Å². The summed E-state index contributed by atoms with van der Waals surface area (Å²) in [6, 6.07) is 8.09. The Balaban J connectivity index is 1.02. The van der Waals surface area contributed by atoms with Gasteiger partial charge >= 0.3 is 0 Å². The Bertz CT molecular complexity index is 2240. The molecule has 21 fully saturated rings. The highest BCUT2D eigenvalue weighted by atomic mass is 16.8. The van der Waals surface area contributed by atoms with Crippen molar-refractivity contribution in [3.63, 3.8) is 0 Å². The van der Waals surface area contributed by atoms with Crippen LogP contribution in [0.3, 0.4) is 0 Å². The van der Waals surface area contributed by atoms with Crippen LogP contribution in [0.5, 0.6) is 0 Å². The molecule has 0 aliphatic carbocycles. The van der Waals surface area contributed by atoms with Gasteiger partial charge in [-0.05, 0) is 12.5 Å². The van der Waals surface area contributed by atoms with Gasteiger partial charge in [-0.15, -0.1) is 0 Å². The van der Waals surface area contributed by atoms with Crippen molar-refractivity contribution in [2.75, 3.05) is 39.6 Å². The van der Waals surface area contributed by atoms with E-state index in [1.165, 1.54) is 0 Å². The van der Waals surface area contributed by atoms with Crippen molar-refractivity contribution in [3.8, 4) is 0 Å². The second-order valence-electron chi connectivity index (χ2n) is 21.8. The molecule has 21 aliphatic heterocycles. The Labute approximate surface area is 482 Å². The lowest BCUT2D eigenvalue weighted by Gasteiger charge is -2.50. The first-order chi connectivity index (χ1) is 40.6. The van der Waals surface area contributed by atoms with Crippen molar-refractivity contribution >= 4 is 6.21 Å². The molecule has 14 bridgehead atoms. The lowest BCUT2D eigenvalue weighted by atomic mass is 9.95. The summed E-state index contributed by atoms with van der Waals surface area (Å²) in [5.74, 6) is 0. The number of ether oxygens (including phenoxy) is 14. The molecular formula is C50H77NO34. The van der Waals surface area contributed by atoms with Crippen LogP contribution in [0.4, 0.5) is 0 Å². The largest absolute Gasteiger partial charge is 0.394 e. The predicted octanol–water partition coefficient (Wildman–Crippen LogP) is -12.4. The van der Waals surface area contributed by atoms with E-state index < -0.39 is 261 Å². The van der Waals surface area contributed by atoms with Crippen LogP contribution < -0.4 is 0 Å². The molecule has 0 amide bonds. The Morgan fingerprint density at radius 3 is 0.753 bits per heavy atom. The standard InChI is InChI=1S/C50H77NO34/c1-14(15-5-3-2-4-6-15)51-7-16-37-23(58)30(65)44(72-16)80-38-17(8-52)74-46(32(67)25(38)60)82-40-19(10-54)76-48(34(69)27(40)62)84-42-21(12-56)78-50(36(71)29(42)64)85-43-22(13-57)77-49(35(70)28(43)63)83-41-20(11-55)75-47(33(68)26(41)61)81-39-18(9-53)73-45(79-37)31(66)24(39)59/h2-7,14,16-50,52-71H,8-13H2,1H3/t14?,16-,17-,18-,19-,20-,21-,22-,23-,24-,25-,26-,27-,28-,29-,30-,31-,32-,33-,34-,35-,36-,37-,38-,39-,40-,41-,42-,43-,44-,45-,46-,47-,48-,49-,50-/m1/s1. The van der Waals surface area contributed by atoms with Gasteiger partial charge in [-0.25, -0.2) is 0 Å². The maximum atomic E-state index is 11.8. The summed E-state index contributed by atoms with van der Waals surface area (Å²) in [7, 11) is 0.